The molecule has 0 radical (unpaired) electrons. The van der Waals surface area contributed by atoms with Crippen LogP contribution in [0.5, 0.6) is 0 Å². The summed E-state index contributed by atoms with van der Waals surface area (Å²) in [4.78, 5) is 2.17. The molecule has 0 saturated carbocycles. The van der Waals surface area contributed by atoms with Crippen LogP contribution in [0.25, 0.3) is 32.7 Å². The molecule has 122 valence electrons. The van der Waals surface area contributed by atoms with Crippen LogP contribution < -0.4 is 0 Å². The van der Waals surface area contributed by atoms with E-state index in [2.05, 4.69) is 79.7 Å². The second-order valence-corrected chi connectivity index (χ2v) is 9.73. The Morgan fingerprint density at radius 2 is 1.36 bits per heavy atom. The highest BCUT2D eigenvalue weighted by Crippen LogP contribution is 2.48. The fourth-order valence-corrected chi connectivity index (χ4v) is 6.46. The van der Waals surface area contributed by atoms with Gasteiger partial charge in [0.15, 0.2) is 0 Å². The molecule has 1 heterocycles. The molecule has 0 spiro atoms. The third kappa shape index (κ3) is 2.26. The minimum atomic E-state index is -1.04. The second kappa shape index (κ2) is 5.72. The van der Waals surface area contributed by atoms with Gasteiger partial charge in [0.2, 0.25) is 0 Å². The average Bonchev–Trinajstić information content (AvgIpc) is 2.77. The lowest BCUT2D eigenvalue weighted by Gasteiger charge is -2.14. The van der Waals surface area contributed by atoms with Gasteiger partial charge in [0.25, 0.3) is 0 Å². The summed E-state index contributed by atoms with van der Waals surface area (Å²) < 4.78 is 13.2. The lowest BCUT2D eigenvalue weighted by Crippen LogP contribution is -2.05. The number of rotatable bonds is 0. The van der Waals surface area contributed by atoms with Gasteiger partial charge in [-0.15, -0.1) is 11.8 Å². The van der Waals surface area contributed by atoms with E-state index in [9.17, 15) is 4.21 Å². The van der Waals surface area contributed by atoms with Crippen molar-refractivity contribution in [3.05, 3.63) is 72.8 Å². The van der Waals surface area contributed by atoms with E-state index in [1.807, 2.05) is 0 Å². The molecule has 0 saturated heterocycles. The van der Waals surface area contributed by atoms with Gasteiger partial charge in [0, 0.05) is 20.9 Å². The van der Waals surface area contributed by atoms with Crippen molar-refractivity contribution in [3.63, 3.8) is 0 Å². The SMILES string of the molecule is C[C@H]1Sc2ccc3ccccc3c2-c2c(ccc3ccccc23)S1=O. The van der Waals surface area contributed by atoms with E-state index in [1.165, 1.54) is 32.0 Å². The fourth-order valence-electron chi connectivity index (χ4n) is 3.69. The standard InChI is InChI=1S/C22H16OS2/c1-14-24-19-12-10-15-6-2-4-8-17(15)21(19)22-18-9-5-3-7-16(18)11-13-20(22)25(14)23/h2-14H,1H3/t14-,25?/m0/s1. The van der Waals surface area contributed by atoms with Crippen molar-refractivity contribution in [3.8, 4) is 11.1 Å². The first-order chi connectivity index (χ1) is 12.2. The molecule has 1 nitrogen and oxygen atoms in total. The highest BCUT2D eigenvalue weighted by atomic mass is 32.2. The summed E-state index contributed by atoms with van der Waals surface area (Å²) in [7, 11) is -1.04. The molecule has 0 bridgehead atoms. The lowest BCUT2D eigenvalue weighted by molar-refractivity contribution is 0.683. The smallest absolute Gasteiger partial charge is 0.0867 e. The largest absolute Gasteiger partial charge is 0.253 e. The number of fused-ring (bicyclic) bond motifs is 7. The summed E-state index contributed by atoms with van der Waals surface area (Å²) in [6, 6.07) is 25.4. The quantitative estimate of drug-likeness (QED) is 0.370. The number of thioether (sulfide) groups is 1. The van der Waals surface area contributed by atoms with Gasteiger partial charge in [-0.25, -0.2) is 0 Å². The molecular weight excluding hydrogens is 344 g/mol. The molecule has 1 aliphatic rings. The van der Waals surface area contributed by atoms with Crippen molar-refractivity contribution in [2.75, 3.05) is 0 Å². The highest BCUT2D eigenvalue weighted by Gasteiger charge is 2.27. The lowest BCUT2D eigenvalue weighted by atomic mass is 9.94. The Morgan fingerprint density at radius 3 is 2.08 bits per heavy atom. The van der Waals surface area contributed by atoms with Crippen molar-refractivity contribution < 1.29 is 4.21 Å². The van der Waals surface area contributed by atoms with Crippen molar-refractivity contribution in [1.29, 1.82) is 0 Å². The van der Waals surface area contributed by atoms with Gasteiger partial charge < -0.3 is 0 Å². The molecule has 25 heavy (non-hydrogen) atoms. The Morgan fingerprint density at radius 1 is 0.760 bits per heavy atom. The van der Waals surface area contributed by atoms with Gasteiger partial charge in [-0.3, -0.25) is 4.21 Å². The summed E-state index contributed by atoms with van der Waals surface area (Å²) in [5.74, 6) is 0. The Balaban J connectivity index is 2.03. The van der Waals surface area contributed by atoms with E-state index in [-0.39, 0.29) is 4.58 Å². The van der Waals surface area contributed by atoms with Gasteiger partial charge in [0.05, 0.1) is 15.4 Å². The minimum absolute atomic E-state index is 0.0299. The van der Waals surface area contributed by atoms with Crippen LogP contribution in [0.2, 0.25) is 0 Å². The molecule has 0 aromatic heterocycles. The van der Waals surface area contributed by atoms with Gasteiger partial charge in [-0.05, 0) is 40.6 Å². The van der Waals surface area contributed by atoms with Crippen LogP contribution in [0, 0.1) is 0 Å². The first-order valence-corrected chi connectivity index (χ1v) is 10.4. The van der Waals surface area contributed by atoms with Crippen LogP contribution in [0.3, 0.4) is 0 Å². The Kier molecular flexibility index (Phi) is 3.47. The molecule has 1 aliphatic heterocycles. The third-order valence-corrected chi connectivity index (χ3v) is 7.96. The van der Waals surface area contributed by atoms with Crippen LogP contribution in [0.1, 0.15) is 6.92 Å². The van der Waals surface area contributed by atoms with Gasteiger partial charge in [-0.1, -0.05) is 60.7 Å². The van der Waals surface area contributed by atoms with Crippen molar-refractivity contribution >= 4 is 44.1 Å². The van der Waals surface area contributed by atoms with E-state index in [4.69, 9.17) is 0 Å². The van der Waals surface area contributed by atoms with E-state index in [0.29, 0.717) is 0 Å². The Labute approximate surface area is 153 Å². The van der Waals surface area contributed by atoms with E-state index in [0.717, 1.165) is 10.5 Å². The van der Waals surface area contributed by atoms with Crippen LogP contribution in [0.4, 0.5) is 0 Å². The molecule has 4 aromatic rings. The van der Waals surface area contributed by atoms with Crippen LogP contribution >= 0.6 is 11.8 Å². The number of hydrogen-bond donors (Lipinski definition) is 0. The summed E-state index contributed by atoms with van der Waals surface area (Å²) in [5.41, 5.74) is 2.37. The maximum atomic E-state index is 13.2. The minimum Gasteiger partial charge on any atom is -0.253 e. The molecule has 1 unspecified atom stereocenters. The van der Waals surface area contributed by atoms with Crippen molar-refractivity contribution in [2.24, 2.45) is 0 Å². The first-order valence-electron chi connectivity index (χ1n) is 8.35. The van der Waals surface area contributed by atoms with Gasteiger partial charge in [-0.2, -0.15) is 0 Å². The highest BCUT2D eigenvalue weighted by molar-refractivity contribution is 8.11. The molecule has 0 amide bonds. The zero-order valence-corrected chi connectivity index (χ0v) is 15.4. The van der Waals surface area contributed by atoms with Crippen LogP contribution in [0.15, 0.2) is 82.6 Å². The molecular formula is C22H16OS2. The van der Waals surface area contributed by atoms with Crippen molar-refractivity contribution in [2.45, 2.75) is 21.3 Å². The van der Waals surface area contributed by atoms with E-state index in [1.54, 1.807) is 11.8 Å². The zero-order chi connectivity index (χ0) is 17.0. The number of hydrogen-bond acceptors (Lipinski definition) is 2. The molecule has 4 aromatic carbocycles. The Hall–Kier alpha value is -2.10. The van der Waals surface area contributed by atoms with Crippen LogP contribution in [-0.2, 0) is 10.8 Å². The predicted octanol–water partition coefficient (Wildman–Crippen LogP) is 6.22. The maximum Gasteiger partial charge on any atom is 0.0867 e. The summed E-state index contributed by atoms with van der Waals surface area (Å²) in [5, 5.41) is 4.83. The van der Waals surface area contributed by atoms with E-state index < -0.39 is 10.8 Å². The summed E-state index contributed by atoms with van der Waals surface area (Å²) in [6.07, 6.45) is 0. The number of benzene rings is 4. The fraction of sp³-hybridized carbons (Fsp3) is 0.0909. The zero-order valence-electron chi connectivity index (χ0n) is 13.7. The molecule has 2 atom stereocenters. The summed E-state index contributed by atoms with van der Waals surface area (Å²) >= 11 is 1.72. The predicted molar refractivity (Wildman–Crippen MR) is 109 cm³/mol. The molecule has 5 rings (SSSR count). The van der Waals surface area contributed by atoms with Gasteiger partial charge >= 0.3 is 0 Å². The van der Waals surface area contributed by atoms with E-state index >= 15 is 0 Å². The molecule has 3 heteroatoms. The average molecular weight is 361 g/mol. The monoisotopic (exact) mass is 360 g/mol. The maximum absolute atomic E-state index is 13.2. The second-order valence-electron chi connectivity index (χ2n) is 6.30. The molecule has 0 aliphatic carbocycles. The molecule has 0 fully saturated rings. The topological polar surface area (TPSA) is 17.1 Å². The normalized spacial score (nSPS) is 19.4. The van der Waals surface area contributed by atoms with Crippen molar-refractivity contribution in [1.82, 2.24) is 0 Å². The molecule has 0 N–H and O–H groups in total. The first kappa shape index (κ1) is 15.2. The van der Waals surface area contributed by atoms with Crippen LogP contribution in [-0.4, -0.2) is 8.79 Å². The third-order valence-electron chi connectivity index (χ3n) is 4.84. The van der Waals surface area contributed by atoms with Gasteiger partial charge in [0.1, 0.15) is 0 Å². The Bertz CT molecular complexity index is 1160. The summed E-state index contributed by atoms with van der Waals surface area (Å²) in [6.45, 7) is 2.06.